The monoisotopic (exact) mass is 777 g/mol. The minimum Gasteiger partial charge on any atom is -0.481 e. The predicted molar refractivity (Wildman–Crippen MR) is 211 cm³/mol. The highest BCUT2D eigenvalue weighted by Gasteiger charge is 2.28. The first-order chi connectivity index (χ1) is 26.4. The number of nitrogens with zero attached hydrogens (tertiary/aromatic N) is 5. The maximum absolute atomic E-state index is 14.1. The molecule has 282 valence electrons. The summed E-state index contributed by atoms with van der Waals surface area (Å²) in [5, 5.41) is 17.0. The lowest BCUT2D eigenvalue weighted by atomic mass is 9.94. The molecule has 0 radical (unpaired) electrons. The third-order valence-corrected chi connectivity index (χ3v) is 11.8. The highest BCUT2D eigenvalue weighted by atomic mass is 32.2. The summed E-state index contributed by atoms with van der Waals surface area (Å²) in [5.74, 6) is -1.41. The van der Waals surface area contributed by atoms with Crippen molar-refractivity contribution in [2.75, 3.05) is 16.8 Å². The van der Waals surface area contributed by atoms with Gasteiger partial charge in [0.25, 0.3) is 21.8 Å². The Kier molecular flexibility index (Phi) is 10.5. The molecule has 15 heteroatoms. The molecule has 13 nitrogen and oxygen atoms in total. The first-order valence-corrected chi connectivity index (χ1v) is 20.1. The van der Waals surface area contributed by atoms with Crippen LogP contribution >= 0.6 is 11.3 Å². The largest absolute Gasteiger partial charge is 0.481 e. The van der Waals surface area contributed by atoms with Crippen LogP contribution in [0.15, 0.2) is 90.0 Å². The van der Waals surface area contributed by atoms with E-state index in [1.807, 2.05) is 52.9 Å². The Balaban J connectivity index is 1.19. The number of aryl methyl sites for hydroxylation is 1. The van der Waals surface area contributed by atoms with E-state index in [1.54, 1.807) is 24.4 Å². The average Bonchev–Trinajstić information content (AvgIpc) is 3.74. The fraction of sp³-hybridized carbons (Fsp3) is 0.250. The number of carbonyl (C=O) groups is 3. The van der Waals surface area contributed by atoms with Crippen molar-refractivity contribution >= 4 is 60.3 Å². The first-order valence-electron chi connectivity index (χ1n) is 17.8. The van der Waals surface area contributed by atoms with Crippen molar-refractivity contribution in [3.05, 3.63) is 119 Å². The molecule has 2 amide bonds. The molecule has 0 saturated carbocycles. The van der Waals surface area contributed by atoms with Gasteiger partial charge in [-0.2, -0.15) is 5.10 Å². The predicted octanol–water partition coefficient (Wildman–Crippen LogP) is 6.47. The molecular formula is C40H39N7O6S2. The number of amides is 2. The number of carbonyl (C=O) groups excluding carboxylic acids is 2. The van der Waals surface area contributed by atoms with Crippen LogP contribution in [0.2, 0.25) is 0 Å². The smallest absolute Gasteiger partial charge is 0.303 e. The number of fused-ring (bicyclic) bond motifs is 2. The Morgan fingerprint density at radius 2 is 1.71 bits per heavy atom. The molecule has 1 aliphatic heterocycles. The number of thiazole rings is 1. The Morgan fingerprint density at radius 3 is 2.45 bits per heavy atom. The SMILES string of the molecule is Cc1c(-c2ccc(N3CCc4cccc(C(=O)Nc5nc6ccccc6s5)c4C3)nc2C(=O)NS(=O)(=O)c2ccc(CCC(=O)O)cc2)cnn1CC(C)C. The second kappa shape index (κ2) is 15.4. The number of aliphatic carboxylic acids is 1. The van der Waals surface area contributed by atoms with Crippen LogP contribution in [-0.4, -0.2) is 57.6 Å². The zero-order valence-corrected chi connectivity index (χ0v) is 32.1. The van der Waals surface area contributed by atoms with Gasteiger partial charge >= 0.3 is 5.97 Å². The van der Waals surface area contributed by atoms with E-state index in [1.165, 1.54) is 35.6 Å². The van der Waals surface area contributed by atoms with Gasteiger partial charge in [-0.3, -0.25) is 24.4 Å². The fourth-order valence-electron chi connectivity index (χ4n) is 6.65. The third kappa shape index (κ3) is 8.12. The van der Waals surface area contributed by atoms with E-state index in [9.17, 15) is 22.8 Å². The van der Waals surface area contributed by atoms with E-state index in [4.69, 9.17) is 10.1 Å². The minimum absolute atomic E-state index is 0.0952. The molecule has 0 bridgehead atoms. The van der Waals surface area contributed by atoms with Crippen molar-refractivity contribution in [3.8, 4) is 11.1 Å². The van der Waals surface area contributed by atoms with Crippen LogP contribution in [-0.2, 0) is 40.7 Å². The van der Waals surface area contributed by atoms with Crippen molar-refractivity contribution in [2.45, 2.75) is 58.0 Å². The third-order valence-electron chi connectivity index (χ3n) is 9.47. The molecule has 0 spiro atoms. The number of pyridine rings is 1. The number of carboxylic acids is 1. The molecule has 0 atom stereocenters. The Labute approximate surface area is 322 Å². The number of sulfonamides is 1. The van der Waals surface area contributed by atoms with E-state index >= 15 is 0 Å². The molecule has 0 fully saturated rings. The van der Waals surface area contributed by atoms with Crippen LogP contribution < -0.4 is 14.9 Å². The van der Waals surface area contributed by atoms with Crippen LogP contribution in [0.4, 0.5) is 10.9 Å². The topological polar surface area (TPSA) is 176 Å². The van der Waals surface area contributed by atoms with Crippen LogP contribution in [0, 0.1) is 12.8 Å². The second-order valence-corrected chi connectivity index (χ2v) is 16.5. The summed E-state index contributed by atoms with van der Waals surface area (Å²) in [6, 6.07) is 22.6. The fourth-order valence-corrected chi connectivity index (χ4v) is 8.47. The molecule has 3 aromatic carbocycles. The van der Waals surface area contributed by atoms with Gasteiger partial charge in [-0.15, -0.1) is 0 Å². The maximum atomic E-state index is 14.1. The molecule has 6 aromatic rings. The van der Waals surface area contributed by atoms with Crippen molar-refractivity contribution < 1.29 is 27.9 Å². The zero-order valence-electron chi connectivity index (χ0n) is 30.4. The summed E-state index contributed by atoms with van der Waals surface area (Å²) in [5.41, 5.74) is 5.57. The number of para-hydroxylation sites is 1. The van der Waals surface area contributed by atoms with Crippen molar-refractivity contribution in [1.82, 2.24) is 24.5 Å². The zero-order chi connectivity index (χ0) is 38.9. The molecule has 7 rings (SSSR count). The standard InChI is InChI=1S/C40H39N7O6S2/c1-24(2)22-47-25(3)31(21-41-47)29-16-17-35(43-37(29)39(51)45-55(52,53)28-14-11-26(12-15-28)13-18-36(48)49)46-20-19-27-7-6-8-30(32(27)23-46)38(50)44-40-42-33-9-4-5-10-34(33)54-40/h4-12,14-17,21,24H,13,18-20,22-23H2,1-3H3,(H,45,51)(H,48,49)(H,42,44,50). The molecule has 3 aromatic heterocycles. The van der Waals surface area contributed by atoms with Crippen LogP contribution in [0.1, 0.15) is 63.5 Å². The average molecular weight is 778 g/mol. The van der Waals surface area contributed by atoms with Gasteiger partial charge in [-0.05, 0) is 84.8 Å². The van der Waals surface area contributed by atoms with E-state index in [2.05, 4.69) is 34.0 Å². The Morgan fingerprint density at radius 1 is 0.927 bits per heavy atom. The summed E-state index contributed by atoms with van der Waals surface area (Å²) < 4.78 is 32.1. The number of benzene rings is 3. The van der Waals surface area contributed by atoms with Crippen LogP contribution in [0.5, 0.6) is 0 Å². The summed E-state index contributed by atoms with van der Waals surface area (Å²) in [6.07, 6.45) is 2.41. The maximum Gasteiger partial charge on any atom is 0.303 e. The van der Waals surface area contributed by atoms with Gasteiger partial charge in [0, 0.05) is 48.4 Å². The second-order valence-electron chi connectivity index (χ2n) is 13.8. The van der Waals surface area contributed by atoms with E-state index in [-0.39, 0.29) is 29.3 Å². The molecule has 0 saturated heterocycles. The van der Waals surface area contributed by atoms with Crippen molar-refractivity contribution in [3.63, 3.8) is 0 Å². The Hall–Kier alpha value is -5.93. The lowest BCUT2D eigenvalue weighted by Gasteiger charge is -2.31. The minimum atomic E-state index is -4.34. The lowest BCUT2D eigenvalue weighted by Crippen LogP contribution is -2.34. The number of rotatable bonds is 12. The van der Waals surface area contributed by atoms with E-state index in [0.717, 1.165) is 27.0 Å². The molecule has 0 unspecified atom stereocenters. The van der Waals surface area contributed by atoms with Gasteiger partial charge in [0.1, 0.15) is 11.5 Å². The summed E-state index contributed by atoms with van der Waals surface area (Å²) >= 11 is 1.40. The summed E-state index contributed by atoms with van der Waals surface area (Å²) in [6.45, 7) is 7.56. The molecule has 0 aliphatic carbocycles. The van der Waals surface area contributed by atoms with Gasteiger partial charge in [-0.25, -0.2) is 23.1 Å². The lowest BCUT2D eigenvalue weighted by molar-refractivity contribution is -0.136. The summed E-state index contributed by atoms with van der Waals surface area (Å²) in [7, 11) is -4.34. The molecule has 1 aliphatic rings. The number of aromatic nitrogens is 4. The van der Waals surface area contributed by atoms with Crippen molar-refractivity contribution in [2.24, 2.45) is 5.92 Å². The number of anilines is 2. The van der Waals surface area contributed by atoms with Crippen LogP contribution in [0.25, 0.3) is 21.3 Å². The van der Waals surface area contributed by atoms with E-state index in [0.29, 0.717) is 65.2 Å². The highest BCUT2D eigenvalue weighted by Crippen LogP contribution is 2.32. The molecule has 4 heterocycles. The molecule has 55 heavy (non-hydrogen) atoms. The number of hydrogen-bond acceptors (Lipinski definition) is 10. The number of carboxylic acid groups (broad SMARTS) is 1. The van der Waals surface area contributed by atoms with Gasteiger partial charge in [0.15, 0.2) is 5.13 Å². The van der Waals surface area contributed by atoms with E-state index < -0.39 is 21.9 Å². The quantitative estimate of drug-likeness (QED) is 0.125. The van der Waals surface area contributed by atoms with Crippen LogP contribution in [0.3, 0.4) is 0 Å². The molecular weight excluding hydrogens is 739 g/mol. The van der Waals surface area contributed by atoms with Gasteiger partial charge in [0.2, 0.25) is 0 Å². The first kappa shape index (κ1) is 37.4. The van der Waals surface area contributed by atoms with Gasteiger partial charge in [-0.1, -0.05) is 61.6 Å². The van der Waals surface area contributed by atoms with Gasteiger partial charge < -0.3 is 10.0 Å². The number of nitrogens with one attached hydrogen (secondary N) is 2. The molecule has 3 N–H and O–H groups in total. The van der Waals surface area contributed by atoms with Crippen molar-refractivity contribution in [1.29, 1.82) is 0 Å². The Bertz CT molecular complexity index is 2510. The highest BCUT2D eigenvalue weighted by molar-refractivity contribution is 7.90. The summed E-state index contributed by atoms with van der Waals surface area (Å²) in [4.78, 5) is 49.9. The number of hydrogen-bond donors (Lipinski definition) is 3. The normalized spacial score (nSPS) is 12.8. The van der Waals surface area contributed by atoms with Gasteiger partial charge in [0.05, 0.1) is 21.3 Å².